The number of aryl methyl sites for hydroxylation is 1. The lowest BCUT2D eigenvalue weighted by Crippen LogP contribution is -2.36. The van der Waals surface area contributed by atoms with Crippen molar-refractivity contribution in [3.05, 3.63) is 35.4 Å². The monoisotopic (exact) mass is 276 g/mol. The first-order chi connectivity index (χ1) is 9.26. The van der Waals surface area contributed by atoms with E-state index in [1.54, 1.807) is 4.90 Å². The number of carbonyl (C=O) groups excluding carboxylic acids is 1. The number of hydrogen-bond acceptors (Lipinski definition) is 3. The van der Waals surface area contributed by atoms with E-state index in [0.717, 1.165) is 0 Å². The predicted molar refractivity (Wildman–Crippen MR) is 79.7 cm³/mol. The maximum atomic E-state index is 12.1. The fourth-order valence-electron chi connectivity index (χ4n) is 2.47. The molecular weight excluding hydrogens is 252 g/mol. The van der Waals surface area contributed by atoms with Crippen molar-refractivity contribution in [3.8, 4) is 0 Å². The van der Waals surface area contributed by atoms with Crippen molar-refractivity contribution in [1.29, 1.82) is 0 Å². The number of benzene rings is 1. The molecule has 0 aromatic heterocycles. The first-order valence-corrected chi connectivity index (χ1v) is 7.06. The zero-order chi connectivity index (χ0) is 14.9. The number of amides is 1. The van der Waals surface area contributed by atoms with Gasteiger partial charge in [0.2, 0.25) is 0 Å². The van der Waals surface area contributed by atoms with Crippen molar-refractivity contribution in [2.24, 2.45) is 5.73 Å². The molecule has 1 aromatic rings. The van der Waals surface area contributed by atoms with Gasteiger partial charge in [0.25, 0.3) is 0 Å². The van der Waals surface area contributed by atoms with Gasteiger partial charge < -0.3 is 15.4 Å². The van der Waals surface area contributed by atoms with Crippen LogP contribution in [-0.2, 0) is 4.74 Å². The number of nitrogens with two attached hydrogens (primary N) is 1. The van der Waals surface area contributed by atoms with Crippen LogP contribution in [0, 0.1) is 6.92 Å². The molecule has 1 aliphatic heterocycles. The Hall–Kier alpha value is -1.55. The number of carbonyl (C=O) groups is 1. The molecule has 4 heteroatoms. The summed E-state index contributed by atoms with van der Waals surface area (Å²) in [6.07, 6.45) is -0.275. The summed E-state index contributed by atoms with van der Waals surface area (Å²) in [6, 6.07) is 8.32. The Balaban J connectivity index is 2.05. The van der Waals surface area contributed by atoms with Gasteiger partial charge in [-0.15, -0.1) is 0 Å². The Labute approximate surface area is 120 Å². The molecule has 0 radical (unpaired) electrons. The number of rotatable bonds is 1. The standard InChI is InChI=1S/C16H24N2O2/c1-11-5-7-12(8-6-11)13-9-18(10-14(13)17)15(19)20-16(2,3)4/h5-8,13-14H,9-10,17H2,1-4H3/t13-,14-/m1/s1. The Morgan fingerprint density at radius 3 is 2.40 bits per heavy atom. The summed E-state index contributed by atoms with van der Waals surface area (Å²) in [6.45, 7) is 8.85. The van der Waals surface area contributed by atoms with Crippen molar-refractivity contribution < 1.29 is 9.53 Å². The van der Waals surface area contributed by atoms with Gasteiger partial charge in [-0.2, -0.15) is 0 Å². The van der Waals surface area contributed by atoms with Crippen LogP contribution in [-0.4, -0.2) is 35.7 Å². The minimum Gasteiger partial charge on any atom is -0.444 e. The molecule has 4 nitrogen and oxygen atoms in total. The zero-order valence-electron chi connectivity index (χ0n) is 12.7. The molecule has 0 bridgehead atoms. The van der Waals surface area contributed by atoms with E-state index in [0.29, 0.717) is 13.1 Å². The summed E-state index contributed by atoms with van der Waals surface area (Å²) >= 11 is 0. The molecule has 1 fully saturated rings. The van der Waals surface area contributed by atoms with Crippen LogP contribution in [0.4, 0.5) is 4.79 Å². The summed E-state index contributed by atoms with van der Waals surface area (Å²) in [5, 5.41) is 0. The SMILES string of the molecule is Cc1ccc([C@H]2CN(C(=O)OC(C)(C)C)C[C@H]2N)cc1. The van der Waals surface area contributed by atoms with Crippen LogP contribution in [0.15, 0.2) is 24.3 Å². The van der Waals surface area contributed by atoms with E-state index in [1.807, 2.05) is 20.8 Å². The van der Waals surface area contributed by atoms with Crippen molar-refractivity contribution in [3.63, 3.8) is 0 Å². The van der Waals surface area contributed by atoms with Crippen molar-refractivity contribution in [2.45, 2.75) is 45.3 Å². The fraction of sp³-hybridized carbons (Fsp3) is 0.562. The van der Waals surface area contributed by atoms with Gasteiger partial charge in [-0.1, -0.05) is 29.8 Å². The molecule has 0 aliphatic carbocycles. The third kappa shape index (κ3) is 3.51. The van der Waals surface area contributed by atoms with Crippen molar-refractivity contribution in [1.82, 2.24) is 4.90 Å². The highest BCUT2D eigenvalue weighted by Gasteiger charge is 2.35. The van der Waals surface area contributed by atoms with Gasteiger partial charge in [0.05, 0.1) is 0 Å². The smallest absolute Gasteiger partial charge is 0.410 e. The Morgan fingerprint density at radius 1 is 1.25 bits per heavy atom. The molecule has 2 N–H and O–H groups in total. The van der Waals surface area contributed by atoms with E-state index < -0.39 is 5.60 Å². The molecule has 1 saturated heterocycles. The van der Waals surface area contributed by atoms with Crippen molar-refractivity contribution >= 4 is 6.09 Å². The Kier molecular flexibility index (Phi) is 4.04. The molecule has 1 aliphatic rings. The number of ether oxygens (including phenoxy) is 1. The van der Waals surface area contributed by atoms with Gasteiger partial charge in [-0.05, 0) is 33.3 Å². The maximum Gasteiger partial charge on any atom is 0.410 e. The molecule has 20 heavy (non-hydrogen) atoms. The Bertz CT molecular complexity index is 476. The summed E-state index contributed by atoms with van der Waals surface area (Å²) in [5.74, 6) is 0.183. The van der Waals surface area contributed by atoms with Crippen LogP contribution in [0.5, 0.6) is 0 Å². The molecule has 1 aromatic carbocycles. The molecule has 1 amide bonds. The van der Waals surface area contributed by atoms with Crippen LogP contribution in [0.2, 0.25) is 0 Å². The summed E-state index contributed by atoms with van der Waals surface area (Å²) in [7, 11) is 0. The molecule has 0 spiro atoms. The zero-order valence-corrected chi connectivity index (χ0v) is 12.7. The van der Waals surface area contributed by atoms with Gasteiger partial charge >= 0.3 is 6.09 Å². The lowest BCUT2D eigenvalue weighted by atomic mass is 9.94. The third-order valence-electron chi connectivity index (χ3n) is 3.52. The second kappa shape index (κ2) is 5.44. The largest absolute Gasteiger partial charge is 0.444 e. The number of hydrogen-bond donors (Lipinski definition) is 1. The predicted octanol–water partition coefficient (Wildman–Crippen LogP) is 2.66. The summed E-state index contributed by atoms with van der Waals surface area (Å²) in [5.41, 5.74) is 8.14. The first-order valence-electron chi connectivity index (χ1n) is 7.06. The number of likely N-dealkylation sites (tertiary alicyclic amines) is 1. The molecule has 0 unspecified atom stereocenters. The molecular formula is C16H24N2O2. The topological polar surface area (TPSA) is 55.6 Å². The minimum atomic E-state index is -0.469. The van der Waals surface area contributed by atoms with Gasteiger partial charge in [0, 0.05) is 25.0 Å². The second-order valence-electron chi connectivity index (χ2n) is 6.57. The Morgan fingerprint density at radius 2 is 1.85 bits per heavy atom. The lowest BCUT2D eigenvalue weighted by molar-refractivity contribution is 0.0290. The van der Waals surface area contributed by atoms with E-state index in [1.165, 1.54) is 11.1 Å². The van der Waals surface area contributed by atoms with Gasteiger partial charge in [0.15, 0.2) is 0 Å². The second-order valence-corrected chi connectivity index (χ2v) is 6.57. The minimum absolute atomic E-state index is 0.0368. The number of nitrogens with zero attached hydrogens (tertiary/aromatic N) is 1. The lowest BCUT2D eigenvalue weighted by Gasteiger charge is -2.24. The summed E-state index contributed by atoms with van der Waals surface area (Å²) in [4.78, 5) is 13.8. The highest BCUT2D eigenvalue weighted by atomic mass is 16.6. The van der Waals surface area contributed by atoms with E-state index >= 15 is 0 Å². The summed E-state index contributed by atoms with van der Waals surface area (Å²) < 4.78 is 5.40. The first kappa shape index (κ1) is 14.9. The van der Waals surface area contributed by atoms with E-state index in [2.05, 4.69) is 31.2 Å². The molecule has 110 valence electrons. The fourth-order valence-corrected chi connectivity index (χ4v) is 2.47. The van der Waals surface area contributed by atoms with Gasteiger partial charge in [0.1, 0.15) is 5.60 Å². The van der Waals surface area contributed by atoms with E-state index in [4.69, 9.17) is 10.5 Å². The third-order valence-corrected chi connectivity index (χ3v) is 3.52. The van der Waals surface area contributed by atoms with Crippen molar-refractivity contribution in [2.75, 3.05) is 13.1 Å². The molecule has 2 rings (SSSR count). The van der Waals surface area contributed by atoms with Crippen LogP contribution >= 0.6 is 0 Å². The molecule has 2 atom stereocenters. The van der Waals surface area contributed by atoms with E-state index in [9.17, 15) is 4.79 Å². The quantitative estimate of drug-likeness (QED) is 0.858. The van der Waals surface area contributed by atoms with Crippen LogP contribution in [0.25, 0.3) is 0 Å². The normalized spacial score (nSPS) is 22.9. The van der Waals surface area contributed by atoms with Crippen LogP contribution in [0.1, 0.15) is 37.8 Å². The van der Waals surface area contributed by atoms with Gasteiger partial charge in [-0.25, -0.2) is 4.79 Å². The van der Waals surface area contributed by atoms with Crippen LogP contribution in [0.3, 0.4) is 0 Å². The maximum absolute atomic E-state index is 12.1. The van der Waals surface area contributed by atoms with Gasteiger partial charge in [-0.3, -0.25) is 0 Å². The highest BCUT2D eigenvalue weighted by Crippen LogP contribution is 2.27. The molecule has 1 heterocycles. The highest BCUT2D eigenvalue weighted by molar-refractivity contribution is 5.69. The van der Waals surface area contributed by atoms with Crippen LogP contribution < -0.4 is 5.73 Å². The van der Waals surface area contributed by atoms with E-state index in [-0.39, 0.29) is 18.1 Å². The average molecular weight is 276 g/mol. The molecule has 0 saturated carbocycles. The average Bonchev–Trinajstić information content (AvgIpc) is 2.70.